The summed E-state index contributed by atoms with van der Waals surface area (Å²) >= 11 is 3.49. The molecule has 2 N–H and O–H groups in total. The molecule has 2 aromatic rings. The third-order valence-electron chi connectivity index (χ3n) is 2.78. The van der Waals surface area contributed by atoms with Gasteiger partial charge in [-0.05, 0) is 58.2 Å². The number of para-hydroxylation sites is 1. The molecule has 0 aliphatic heterocycles. The lowest BCUT2D eigenvalue weighted by atomic mass is 10.1. The van der Waals surface area contributed by atoms with Gasteiger partial charge in [0.05, 0.1) is 4.47 Å². The molecule has 0 bridgehead atoms. The lowest BCUT2D eigenvalue weighted by Gasteiger charge is -2.13. The second-order valence-corrected chi connectivity index (χ2v) is 5.07. The maximum atomic E-state index is 8.83. The molecule has 0 saturated heterocycles. The van der Waals surface area contributed by atoms with Crippen LogP contribution in [0, 0.1) is 11.3 Å². The fourth-order valence-corrected chi connectivity index (χ4v) is 2.37. The monoisotopic (exact) mass is 331 g/mol. The quantitative estimate of drug-likeness (QED) is 0.914. The Hall–Kier alpha value is -1.90. The van der Waals surface area contributed by atoms with E-state index in [2.05, 4.69) is 20.9 Å². The predicted molar refractivity (Wildman–Crippen MR) is 80.2 cm³/mol. The minimum atomic E-state index is 0.386. The lowest BCUT2D eigenvalue weighted by Crippen LogP contribution is -2.06. The van der Waals surface area contributed by atoms with E-state index in [4.69, 9.17) is 15.7 Å². The van der Waals surface area contributed by atoms with Crippen LogP contribution in [-0.4, -0.2) is 11.5 Å². The van der Waals surface area contributed by atoms with Crippen LogP contribution in [0.1, 0.15) is 16.8 Å². The van der Waals surface area contributed by atoms with Crippen molar-refractivity contribution in [3.8, 4) is 11.8 Å². The van der Waals surface area contributed by atoms with E-state index in [0.717, 1.165) is 27.8 Å². The molecule has 1 aromatic carbocycles. The Morgan fingerprint density at radius 3 is 2.95 bits per heavy atom. The van der Waals surface area contributed by atoms with Crippen molar-refractivity contribution in [3.63, 3.8) is 0 Å². The van der Waals surface area contributed by atoms with Gasteiger partial charge in [-0.2, -0.15) is 5.26 Å². The third kappa shape index (κ3) is 3.56. The smallest absolute Gasteiger partial charge is 0.140 e. The summed E-state index contributed by atoms with van der Waals surface area (Å²) in [6, 6.07) is 11.5. The lowest BCUT2D eigenvalue weighted by molar-refractivity contribution is 0.301. The van der Waals surface area contributed by atoms with Gasteiger partial charge >= 0.3 is 0 Å². The molecule has 1 aromatic heterocycles. The first-order chi connectivity index (χ1) is 9.74. The first-order valence-electron chi connectivity index (χ1n) is 6.20. The largest absolute Gasteiger partial charge is 0.487 e. The molecule has 4 nitrogen and oxygen atoms in total. The van der Waals surface area contributed by atoms with Crippen LogP contribution in [0.25, 0.3) is 0 Å². The highest BCUT2D eigenvalue weighted by atomic mass is 79.9. The molecule has 0 aliphatic carbocycles. The number of benzene rings is 1. The number of aromatic nitrogens is 1. The van der Waals surface area contributed by atoms with Gasteiger partial charge in [0.25, 0.3) is 0 Å². The molecular weight excluding hydrogens is 318 g/mol. The van der Waals surface area contributed by atoms with Crippen molar-refractivity contribution in [2.75, 3.05) is 6.54 Å². The van der Waals surface area contributed by atoms with Crippen LogP contribution in [0.15, 0.2) is 41.0 Å². The number of ether oxygens (including phenoxy) is 1. The summed E-state index contributed by atoms with van der Waals surface area (Å²) in [6.07, 6.45) is 2.37. The third-order valence-corrected chi connectivity index (χ3v) is 3.41. The summed E-state index contributed by atoms with van der Waals surface area (Å²) in [5, 5.41) is 8.83. The summed E-state index contributed by atoms with van der Waals surface area (Å²) in [5.74, 6) is 0.799. The van der Waals surface area contributed by atoms with E-state index in [-0.39, 0.29) is 0 Å². The van der Waals surface area contributed by atoms with Crippen LogP contribution in [0.3, 0.4) is 0 Å². The fraction of sp³-hybridized carbons (Fsp3) is 0.200. The zero-order valence-electron chi connectivity index (χ0n) is 10.8. The SMILES string of the molecule is N#Cc1cc(COc2c(Br)cccc2CCN)ccn1. The van der Waals surface area contributed by atoms with E-state index in [1.807, 2.05) is 30.3 Å². The number of nitrogens with zero attached hydrogens (tertiary/aromatic N) is 2. The molecule has 0 amide bonds. The predicted octanol–water partition coefficient (Wildman–Crippen LogP) is 2.80. The average molecular weight is 332 g/mol. The highest BCUT2D eigenvalue weighted by molar-refractivity contribution is 9.10. The minimum Gasteiger partial charge on any atom is -0.487 e. The van der Waals surface area contributed by atoms with Gasteiger partial charge in [0.15, 0.2) is 0 Å². The number of hydrogen-bond donors (Lipinski definition) is 1. The topological polar surface area (TPSA) is 71.9 Å². The fourth-order valence-electron chi connectivity index (χ4n) is 1.85. The van der Waals surface area contributed by atoms with Crippen LogP contribution in [0.5, 0.6) is 5.75 Å². The zero-order chi connectivity index (χ0) is 14.4. The Kier molecular flexibility index (Phi) is 5.10. The van der Waals surface area contributed by atoms with Gasteiger partial charge in [-0.25, -0.2) is 4.98 Å². The van der Waals surface area contributed by atoms with E-state index >= 15 is 0 Å². The van der Waals surface area contributed by atoms with Gasteiger partial charge in [0.2, 0.25) is 0 Å². The molecule has 102 valence electrons. The van der Waals surface area contributed by atoms with Crippen LogP contribution in [0.4, 0.5) is 0 Å². The second-order valence-electron chi connectivity index (χ2n) is 4.22. The average Bonchev–Trinajstić information content (AvgIpc) is 2.47. The molecule has 0 saturated carbocycles. The van der Waals surface area contributed by atoms with Crippen molar-refractivity contribution in [2.45, 2.75) is 13.0 Å². The second kappa shape index (κ2) is 7.04. The number of pyridine rings is 1. The molecule has 0 atom stereocenters. The van der Waals surface area contributed by atoms with Crippen molar-refractivity contribution in [1.29, 1.82) is 5.26 Å². The molecule has 1 heterocycles. The van der Waals surface area contributed by atoms with Crippen molar-refractivity contribution < 1.29 is 4.74 Å². The standard InChI is InChI=1S/C15H14BrN3O/c16-14-3-1-2-12(4-6-17)15(14)20-10-11-5-7-19-13(8-11)9-18/h1-3,5,7-8H,4,6,10,17H2. The van der Waals surface area contributed by atoms with Gasteiger partial charge in [0, 0.05) is 6.20 Å². The van der Waals surface area contributed by atoms with E-state index in [1.165, 1.54) is 0 Å². The number of halogens is 1. The van der Waals surface area contributed by atoms with E-state index in [1.54, 1.807) is 12.3 Å². The zero-order valence-corrected chi connectivity index (χ0v) is 12.4. The number of nitriles is 1. The molecular formula is C15H14BrN3O. The minimum absolute atomic E-state index is 0.386. The van der Waals surface area contributed by atoms with Gasteiger partial charge in [0.1, 0.15) is 24.1 Å². The summed E-state index contributed by atoms with van der Waals surface area (Å²) in [6.45, 7) is 0.956. The molecule has 0 aliphatic rings. The molecule has 2 rings (SSSR count). The van der Waals surface area contributed by atoms with Gasteiger partial charge in [-0.15, -0.1) is 0 Å². The molecule has 5 heteroatoms. The normalized spacial score (nSPS) is 10.1. The molecule has 0 fully saturated rings. The van der Waals surface area contributed by atoms with Gasteiger partial charge in [-0.1, -0.05) is 12.1 Å². The van der Waals surface area contributed by atoms with Crippen molar-refractivity contribution in [2.24, 2.45) is 5.73 Å². The van der Waals surface area contributed by atoms with Gasteiger partial charge < -0.3 is 10.5 Å². The van der Waals surface area contributed by atoms with E-state index in [0.29, 0.717) is 18.8 Å². The Labute approximate surface area is 126 Å². The Morgan fingerprint density at radius 2 is 2.20 bits per heavy atom. The van der Waals surface area contributed by atoms with Crippen molar-refractivity contribution in [3.05, 3.63) is 57.8 Å². The van der Waals surface area contributed by atoms with Gasteiger partial charge in [-0.3, -0.25) is 0 Å². The summed E-state index contributed by atoms with van der Waals surface area (Å²) in [5.41, 5.74) is 7.97. The highest BCUT2D eigenvalue weighted by Crippen LogP contribution is 2.30. The molecule has 0 spiro atoms. The maximum absolute atomic E-state index is 8.83. The maximum Gasteiger partial charge on any atom is 0.140 e. The first kappa shape index (κ1) is 14.5. The van der Waals surface area contributed by atoms with Crippen LogP contribution >= 0.6 is 15.9 Å². The first-order valence-corrected chi connectivity index (χ1v) is 6.99. The summed E-state index contributed by atoms with van der Waals surface area (Å²) in [7, 11) is 0. The molecule has 0 radical (unpaired) electrons. The summed E-state index contributed by atoms with van der Waals surface area (Å²) < 4.78 is 6.77. The highest BCUT2D eigenvalue weighted by Gasteiger charge is 2.08. The Bertz CT molecular complexity index is 637. The van der Waals surface area contributed by atoms with E-state index in [9.17, 15) is 0 Å². The van der Waals surface area contributed by atoms with Crippen LogP contribution < -0.4 is 10.5 Å². The number of rotatable bonds is 5. The Balaban J connectivity index is 2.16. The number of hydrogen-bond acceptors (Lipinski definition) is 4. The summed E-state index contributed by atoms with van der Waals surface area (Å²) in [4.78, 5) is 3.93. The molecule has 0 unspecified atom stereocenters. The van der Waals surface area contributed by atoms with E-state index < -0.39 is 0 Å². The Morgan fingerprint density at radius 1 is 1.35 bits per heavy atom. The van der Waals surface area contributed by atoms with Crippen LogP contribution in [0.2, 0.25) is 0 Å². The molecule has 20 heavy (non-hydrogen) atoms. The van der Waals surface area contributed by atoms with Crippen LogP contribution in [-0.2, 0) is 13.0 Å². The number of nitrogens with two attached hydrogens (primary N) is 1. The van der Waals surface area contributed by atoms with Crippen molar-refractivity contribution in [1.82, 2.24) is 4.98 Å². The van der Waals surface area contributed by atoms with Crippen molar-refractivity contribution >= 4 is 15.9 Å².